The Bertz CT molecular complexity index is 418. The van der Waals surface area contributed by atoms with Crippen molar-refractivity contribution in [2.45, 2.75) is 25.6 Å². The van der Waals surface area contributed by atoms with E-state index in [0.717, 1.165) is 30.6 Å². The van der Waals surface area contributed by atoms with Gasteiger partial charge in [0.1, 0.15) is 0 Å². The molecule has 0 N–H and O–H groups in total. The number of likely N-dealkylation sites (tertiary alicyclic amines) is 1. The second-order valence-electron chi connectivity index (χ2n) is 4.90. The van der Waals surface area contributed by atoms with E-state index in [9.17, 15) is 4.79 Å². The first kappa shape index (κ1) is 12.4. The normalized spacial score (nSPS) is 24.8. The highest BCUT2D eigenvalue weighted by atomic mass is 35.5. The smallest absolute Gasteiger partial charge is 0.253 e. The van der Waals surface area contributed by atoms with E-state index >= 15 is 0 Å². The summed E-state index contributed by atoms with van der Waals surface area (Å²) in [4.78, 5) is 14.2. The summed E-state index contributed by atoms with van der Waals surface area (Å²) in [7, 11) is 0. The van der Waals surface area contributed by atoms with Gasteiger partial charge in [-0.05, 0) is 31.4 Å². The van der Waals surface area contributed by atoms with Crippen LogP contribution in [0.5, 0.6) is 0 Å². The summed E-state index contributed by atoms with van der Waals surface area (Å²) < 4.78 is 0. The van der Waals surface area contributed by atoms with Crippen LogP contribution in [-0.4, -0.2) is 29.3 Å². The predicted molar refractivity (Wildman–Crippen MR) is 70.5 cm³/mol. The minimum Gasteiger partial charge on any atom is -0.338 e. The van der Waals surface area contributed by atoms with Crippen LogP contribution in [0.25, 0.3) is 0 Å². The molecule has 1 aliphatic heterocycles. The zero-order chi connectivity index (χ0) is 12.4. The summed E-state index contributed by atoms with van der Waals surface area (Å²) in [5.74, 6) is 0.503. The predicted octanol–water partition coefficient (Wildman–Crippen LogP) is 3.08. The van der Waals surface area contributed by atoms with Gasteiger partial charge in [-0.15, -0.1) is 11.6 Å². The Morgan fingerprint density at radius 3 is 2.88 bits per heavy atom. The van der Waals surface area contributed by atoms with Crippen molar-refractivity contribution in [1.29, 1.82) is 0 Å². The number of hydrogen-bond acceptors (Lipinski definition) is 1. The molecular weight excluding hydrogens is 234 g/mol. The lowest BCUT2D eigenvalue weighted by molar-refractivity contribution is 0.0687. The molecule has 92 valence electrons. The molecule has 1 aliphatic rings. The van der Waals surface area contributed by atoms with E-state index in [1.807, 2.05) is 36.1 Å². The molecule has 2 atom stereocenters. The number of aryl methyl sites for hydroxylation is 1. The first-order valence-electron chi connectivity index (χ1n) is 6.08. The Balaban J connectivity index is 2.10. The number of carbonyl (C=O) groups excluding carboxylic acids is 1. The van der Waals surface area contributed by atoms with Gasteiger partial charge in [-0.25, -0.2) is 0 Å². The van der Waals surface area contributed by atoms with E-state index in [1.54, 1.807) is 0 Å². The number of hydrogen-bond donors (Lipinski definition) is 0. The van der Waals surface area contributed by atoms with Crippen LogP contribution < -0.4 is 0 Å². The summed E-state index contributed by atoms with van der Waals surface area (Å²) in [6.45, 7) is 5.64. The molecule has 2 nitrogen and oxygen atoms in total. The van der Waals surface area contributed by atoms with Crippen molar-refractivity contribution < 1.29 is 4.79 Å². The van der Waals surface area contributed by atoms with Gasteiger partial charge < -0.3 is 4.90 Å². The van der Waals surface area contributed by atoms with Crippen molar-refractivity contribution in [2.24, 2.45) is 5.92 Å². The molecule has 1 aromatic carbocycles. The molecule has 0 aliphatic carbocycles. The summed E-state index contributed by atoms with van der Waals surface area (Å²) in [6, 6.07) is 7.76. The average molecular weight is 252 g/mol. The Kier molecular flexibility index (Phi) is 3.72. The van der Waals surface area contributed by atoms with Gasteiger partial charge in [-0.3, -0.25) is 4.79 Å². The monoisotopic (exact) mass is 251 g/mol. The molecular formula is C14H18ClNO. The van der Waals surface area contributed by atoms with Crippen LogP contribution in [0.3, 0.4) is 0 Å². The molecule has 0 spiro atoms. The Hall–Kier alpha value is -1.02. The third-order valence-electron chi connectivity index (χ3n) is 3.35. The van der Waals surface area contributed by atoms with Crippen molar-refractivity contribution in [1.82, 2.24) is 4.90 Å². The highest BCUT2D eigenvalue weighted by Crippen LogP contribution is 2.23. The molecule has 0 saturated carbocycles. The molecule has 1 aromatic rings. The lowest BCUT2D eigenvalue weighted by atomic mass is 9.98. The first-order valence-corrected chi connectivity index (χ1v) is 6.51. The second-order valence-corrected chi connectivity index (χ2v) is 5.46. The van der Waals surface area contributed by atoms with Crippen LogP contribution in [0.4, 0.5) is 0 Å². The van der Waals surface area contributed by atoms with Crippen LogP contribution in [-0.2, 0) is 0 Å². The highest BCUT2D eigenvalue weighted by molar-refractivity contribution is 6.20. The molecule has 0 radical (unpaired) electrons. The first-order chi connectivity index (χ1) is 8.08. The number of rotatable bonds is 1. The quantitative estimate of drug-likeness (QED) is 0.703. The van der Waals surface area contributed by atoms with E-state index in [0.29, 0.717) is 5.92 Å². The van der Waals surface area contributed by atoms with Crippen molar-refractivity contribution in [3.63, 3.8) is 0 Å². The summed E-state index contributed by atoms with van der Waals surface area (Å²) in [5.41, 5.74) is 1.90. The van der Waals surface area contributed by atoms with E-state index in [-0.39, 0.29) is 11.3 Å². The molecule has 2 unspecified atom stereocenters. The average Bonchev–Trinajstić information content (AvgIpc) is 2.32. The topological polar surface area (TPSA) is 20.3 Å². The van der Waals surface area contributed by atoms with Crippen molar-refractivity contribution in [2.75, 3.05) is 13.1 Å². The van der Waals surface area contributed by atoms with E-state index in [1.165, 1.54) is 0 Å². The lowest BCUT2D eigenvalue weighted by Gasteiger charge is -2.34. The number of halogens is 1. The third kappa shape index (κ3) is 2.81. The number of amides is 1. The lowest BCUT2D eigenvalue weighted by Crippen LogP contribution is -2.43. The molecule has 1 amide bonds. The molecule has 0 aromatic heterocycles. The summed E-state index contributed by atoms with van der Waals surface area (Å²) in [5, 5.41) is 0.205. The summed E-state index contributed by atoms with van der Waals surface area (Å²) in [6.07, 6.45) is 0.889. The maximum absolute atomic E-state index is 12.3. The fourth-order valence-corrected chi connectivity index (χ4v) is 2.44. The molecule has 3 heteroatoms. The molecule has 2 rings (SSSR count). The van der Waals surface area contributed by atoms with Crippen LogP contribution in [0, 0.1) is 12.8 Å². The third-order valence-corrected chi connectivity index (χ3v) is 4.00. The van der Waals surface area contributed by atoms with Gasteiger partial charge in [0.15, 0.2) is 0 Å². The van der Waals surface area contributed by atoms with Crippen LogP contribution >= 0.6 is 11.6 Å². The van der Waals surface area contributed by atoms with E-state index in [4.69, 9.17) is 11.6 Å². The maximum Gasteiger partial charge on any atom is 0.253 e. The van der Waals surface area contributed by atoms with Crippen LogP contribution in [0.1, 0.15) is 29.3 Å². The molecule has 17 heavy (non-hydrogen) atoms. The minimum atomic E-state index is 0.129. The zero-order valence-electron chi connectivity index (χ0n) is 10.3. The molecule has 1 saturated heterocycles. The number of benzene rings is 1. The standard InChI is InChI=1S/C14H18ClNO/c1-10-4-3-5-12(8-10)14(17)16-7-6-13(15)11(2)9-16/h3-5,8,11,13H,6-7,9H2,1-2H3. The van der Waals surface area contributed by atoms with Gasteiger partial charge in [0.2, 0.25) is 0 Å². The number of nitrogens with zero attached hydrogens (tertiary/aromatic N) is 1. The number of carbonyl (C=O) groups is 1. The van der Waals surface area contributed by atoms with Gasteiger partial charge in [-0.1, -0.05) is 24.6 Å². The fourth-order valence-electron chi connectivity index (χ4n) is 2.26. The highest BCUT2D eigenvalue weighted by Gasteiger charge is 2.27. The largest absolute Gasteiger partial charge is 0.338 e. The molecule has 1 fully saturated rings. The van der Waals surface area contributed by atoms with E-state index < -0.39 is 0 Å². The number of piperidine rings is 1. The zero-order valence-corrected chi connectivity index (χ0v) is 11.1. The van der Waals surface area contributed by atoms with Crippen LogP contribution in [0.15, 0.2) is 24.3 Å². The Labute approximate surface area is 108 Å². The van der Waals surface area contributed by atoms with Crippen molar-refractivity contribution in [3.8, 4) is 0 Å². The van der Waals surface area contributed by atoms with Crippen molar-refractivity contribution >= 4 is 17.5 Å². The summed E-state index contributed by atoms with van der Waals surface area (Å²) >= 11 is 6.17. The van der Waals surface area contributed by atoms with Gasteiger partial charge in [0.05, 0.1) is 0 Å². The Morgan fingerprint density at radius 1 is 1.47 bits per heavy atom. The van der Waals surface area contributed by atoms with Gasteiger partial charge in [0.25, 0.3) is 5.91 Å². The minimum absolute atomic E-state index is 0.129. The maximum atomic E-state index is 12.3. The number of alkyl halides is 1. The van der Waals surface area contributed by atoms with E-state index in [2.05, 4.69) is 6.92 Å². The van der Waals surface area contributed by atoms with Crippen molar-refractivity contribution in [3.05, 3.63) is 35.4 Å². The molecule has 0 bridgehead atoms. The van der Waals surface area contributed by atoms with Gasteiger partial charge >= 0.3 is 0 Å². The fraction of sp³-hybridized carbons (Fsp3) is 0.500. The molecule has 1 heterocycles. The Morgan fingerprint density at radius 2 is 2.24 bits per heavy atom. The van der Waals surface area contributed by atoms with Crippen LogP contribution in [0.2, 0.25) is 0 Å². The second kappa shape index (κ2) is 5.09. The van der Waals surface area contributed by atoms with Gasteiger partial charge in [0, 0.05) is 24.0 Å². The SMILES string of the molecule is Cc1cccc(C(=O)N2CCC(Cl)C(C)C2)c1. The van der Waals surface area contributed by atoms with Gasteiger partial charge in [-0.2, -0.15) is 0 Å².